The van der Waals surface area contributed by atoms with Crippen LogP contribution in [0.5, 0.6) is 0 Å². The van der Waals surface area contributed by atoms with Gasteiger partial charge in [0.2, 0.25) is 0 Å². The van der Waals surface area contributed by atoms with Crippen LogP contribution in [-0.2, 0) is 19.1 Å². The summed E-state index contributed by atoms with van der Waals surface area (Å²) in [6, 6.07) is 1.85. The number of hydrogen-bond donors (Lipinski definition) is 0. The zero-order valence-electron chi connectivity index (χ0n) is 17.5. The molecule has 0 N–H and O–H groups in total. The van der Waals surface area contributed by atoms with Gasteiger partial charge in [-0.15, -0.1) is 0 Å². The number of carbonyl (C=O) groups excluding carboxylic acids is 2. The minimum Gasteiger partial charge on any atom is -0.472 e. The molecule has 2 saturated carbocycles. The highest BCUT2D eigenvalue weighted by Crippen LogP contribution is 2.62. The van der Waals surface area contributed by atoms with Crippen LogP contribution in [0.2, 0.25) is 0 Å². The second kappa shape index (κ2) is 7.76. The Hall–Kier alpha value is -2.04. The van der Waals surface area contributed by atoms with Gasteiger partial charge in [0.15, 0.2) is 0 Å². The summed E-state index contributed by atoms with van der Waals surface area (Å²) in [5.41, 5.74) is 1.49. The molecule has 28 heavy (non-hydrogen) atoms. The molecule has 5 atom stereocenters. The van der Waals surface area contributed by atoms with E-state index in [4.69, 9.17) is 13.9 Å². The summed E-state index contributed by atoms with van der Waals surface area (Å²) in [4.78, 5) is 24.4. The molecule has 154 valence electrons. The van der Waals surface area contributed by atoms with Crippen molar-refractivity contribution in [2.75, 3.05) is 7.11 Å². The van der Waals surface area contributed by atoms with E-state index < -0.39 is 5.41 Å². The Labute approximate surface area is 167 Å². The molecule has 0 spiro atoms. The van der Waals surface area contributed by atoms with Crippen molar-refractivity contribution in [3.63, 3.8) is 0 Å². The Morgan fingerprint density at radius 1 is 1.36 bits per heavy atom. The molecule has 0 aliphatic heterocycles. The van der Waals surface area contributed by atoms with Gasteiger partial charge < -0.3 is 13.9 Å². The van der Waals surface area contributed by atoms with E-state index in [1.165, 1.54) is 19.6 Å². The quantitative estimate of drug-likeness (QED) is 0.511. The SMILES string of the molecule is C=C1CC[C@@H]2[C@@](C)(CCC[C@@]2(C)C(=O)OC)[C@@H]1C[C@@H](OC(C)=O)c1ccoc1. The standard InChI is InChI=1S/C23H32O5/c1-15-7-8-20-22(3,10-6-11-23(20,4)21(25)26-5)18(15)13-19(28-16(2)24)17-9-12-27-14-17/h9,12,14,18-20H,1,6-8,10-11,13H2,2-5H3/t18-,19-,20-,22+,23-/m1/s1. The molecule has 1 heterocycles. The molecule has 3 rings (SSSR count). The lowest BCUT2D eigenvalue weighted by Crippen LogP contribution is -2.53. The molecule has 2 aliphatic rings. The number of furan rings is 1. The average Bonchev–Trinajstić information content (AvgIpc) is 3.17. The number of esters is 2. The topological polar surface area (TPSA) is 65.7 Å². The first kappa shape index (κ1) is 20.7. The summed E-state index contributed by atoms with van der Waals surface area (Å²) < 4.78 is 16.1. The maximum absolute atomic E-state index is 12.7. The third-order valence-corrected chi connectivity index (χ3v) is 7.34. The summed E-state index contributed by atoms with van der Waals surface area (Å²) in [6.45, 7) is 10.2. The number of fused-ring (bicyclic) bond motifs is 1. The van der Waals surface area contributed by atoms with Crippen LogP contribution in [0.25, 0.3) is 0 Å². The van der Waals surface area contributed by atoms with Crippen LogP contribution in [0.3, 0.4) is 0 Å². The number of methoxy groups -OCH3 is 1. The van der Waals surface area contributed by atoms with E-state index in [9.17, 15) is 9.59 Å². The van der Waals surface area contributed by atoms with Crippen molar-refractivity contribution in [2.45, 2.75) is 65.4 Å². The van der Waals surface area contributed by atoms with E-state index in [1.807, 2.05) is 6.07 Å². The maximum atomic E-state index is 12.7. The second-order valence-corrected chi connectivity index (χ2v) is 8.96. The van der Waals surface area contributed by atoms with Gasteiger partial charge in [0.25, 0.3) is 0 Å². The number of allylic oxidation sites excluding steroid dienone is 1. The van der Waals surface area contributed by atoms with Gasteiger partial charge >= 0.3 is 11.9 Å². The normalized spacial score (nSPS) is 33.6. The minimum absolute atomic E-state index is 0.0847. The summed E-state index contributed by atoms with van der Waals surface area (Å²) in [6.07, 6.45) is 8.21. The smallest absolute Gasteiger partial charge is 0.311 e. The van der Waals surface area contributed by atoms with Crippen LogP contribution in [0.1, 0.15) is 71.0 Å². The first-order chi connectivity index (χ1) is 13.2. The minimum atomic E-state index is -0.479. The van der Waals surface area contributed by atoms with E-state index in [2.05, 4.69) is 20.4 Å². The Morgan fingerprint density at radius 2 is 2.11 bits per heavy atom. The Morgan fingerprint density at radius 3 is 2.71 bits per heavy atom. The van der Waals surface area contributed by atoms with Crippen molar-refractivity contribution in [3.05, 3.63) is 36.3 Å². The molecule has 0 bridgehead atoms. The van der Waals surface area contributed by atoms with Crippen LogP contribution < -0.4 is 0 Å². The number of rotatable bonds is 5. The summed E-state index contributed by atoms with van der Waals surface area (Å²) in [7, 11) is 1.48. The van der Waals surface area contributed by atoms with E-state index in [0.29, 0.717) is 6.42 Å². The van der Waals surface area contributed by atoms with Crippen molar-refractivity contribution < 1.29 is 23.5 Å². The molecule has 5 heteroatoms. The average molecular weight is 389 g/mol. The molecule has 0 saturated heterocycles. The maximum Gasteiger partial charge on any atom is 0.311 e. The Kier molecular flexibility index (Phi) is 5.74. The van der Waals surface area contributed by atoms with E-state index in [-0.39, 0.29) is 35.3 Å². The van der Waals surface area contributed by atoms with Crippen molar-refractivity contribution >= 4 is 11.9 Å². The van der Waals surface area contributed by atoms with Crippen LogP contribution >= 0.6 is 0 Å². The van der Waals surface area contributed by atoms with E-state index in [0.717, 1.165) is 37.7 Å². The van der Waals surface area contributed by atoms with Crippen LogP contribution in [-0.4, -0.2) is 19.0 Å². The van der Waals surface area contributed by atoms with E-state index in [1.54, 1.807) is 12.5 Å². The largest absolute Gasteiger partial charge is 0.472 e. The highest BCUT2D eigenvalue weighted by atomic mass is 16.5. The number of carbonyl (C=O) groups is 2. The molecule has 0 aromatic carbocycles. The second-order valence-electron chi connectivity index (χ2n) is 8.96. The van der Waals surface area contributed by atoms with E-state index >= 15 is 0 Å². The lowest BCUT2D eigenvalue weighted by atomic mass is 9.46. The third-order valence-electron chi connectivity index (χ3n) is 7.34. The number of ether oxygens (including phenoxy) is 2. The van der Waals surface area contributed by atoms with Crippen LogP contribution in [0.15, 0.2) is 35.2 Å². The molecule has 0 amide bonds. The highest BCUT2D eigenvalue weighted by Gasteiger charge is 2.58. The van der Waals surface area contributed by atoms with Gasteiger partial charge in [0, 0.05) is 12.5 Å². The summed E-state index contributed by atoms with van der Waals surface area (Å²) >= 11 is 0. The molecular formula is C23H32O5. The van der Waals surface area contributed by atoms with Crippen LogP contribution in [0, 0.1) is 22.7 Å². The fraction of sp³-hybridized carbons (Fsp3) is 0.652. The fourth-order valence-electron chi connectivity index (χ4n) is 5.99. The lowest BCUT2D eigenvalue weighted by molar-refractivity contribution is -0.169. The highest BCUT2D eigenvalue weighted by molar-refractivity contribution is 5.77. The number of hydrogen-bond acceptors (Lipinski definition) is 5. The molecule has 0 unspecified atom stereocenters. The first-order valence-corrected chi connectivity index (χ1v) is 10.2. The van der Waals surface area contributed by atoms with Gasteiger partial charge in [-0.1, -0.05) is 25.5 Å². The summed E-state index contributed by atoms with van der Waals surface area (Å²) in [5, 5.41) is 0. The van der Waals surface area contributed by atoms with Crippen molar-refractivity contribution in [2.24, 2.45) is 22.7 Å². The van der Waals surface area contributed by atoms with Crippen LogP contribution in [0.4, 0.5) is 0 Å². The molecular weight excluding hydrogens is 356 g/mol. The van der Waals surface area contributed by atoms with Gasteiger partial charge in [-0.25, -0.2) is 0 Å². The van der Waals surface area contributed by atoms with Gasteiger partial charge in [-0.05, 0) is 62.3 Å². The molecule has 2 fully saturated rings. The molecule has 1 aromatic rings. The van der Waals surface area contributed by atoms with Crippen molar-refractivity contribution in [1.29, 1.82) is 0 Å². The molecule has 2 aliphatic carbocycles. The third kappa shape index (κ3) is 3.51. The van der Waals surface area contributed by atoms with Gasteiger partial charge in [0.05, 0.1) is 25.1 Å². The van der Waals surface area contributed by atoms with Gasteiger partial charge in [0.1, 0.15) is 6.10 Å². The monoisotopic (exact) mass is 388 g/mol. The zero-order chi connectivity index (χ0) is 20.5. The van der Waals surface area contributed by atoms with Gasteiger partial charge in [-0.2, -0.15) is 0 Å². The summed E-state index contributed by atoms with van der Waals surface area (Å²) in [5.74, 6) is -0.0350. The lowest BCUT2D eigenvalue weighted by Gasteiger charge is -2.57. The molecule has 1 aromatic heterocycles. The first-order valence-electron chi connectivity index (χ1n) is 10.2. The van der Waals surface area contributed by atoms with Gasteiger partial charge in [-0.3, -0.25) is 9.59 Å². The predicted molar refractivity (Wildman–Crippen MR) is 105 cm³/mol. The Bertz CT molecular complexity index is 736. The van der Waals surface area contributed by atoms with Crippen molar-refractivity contribution in [3.8, 4) is 0 Å². The fourth-order valence-corrected chi connectivity index (χ4v) is 5.99. The molecule has 5 nitrogen and oxygen atoms in total. The zero-order valence-corrected chi connectivity index (χ0v) is 17.5. The van der Waals surface area contributed by atoms with Crippen molar-refractivity contribution in [1.82, 2.24) is 0 Å². The predicted octanol–water partition coefficient (Wildman–Crippen LogP) is 5.23. The Balaban J connectivity index is 1.94. The molecule has 0 radical (unpaired) electrons.